The normalized spacial score (nSPS) is 18.3. The maximum absolute atomic E-state index is 13.4. The first-order chi connectivity index (χ1) is 14.5. The van der Waals surface area contributed by atoms with E-state index in [1.165, 1.54) is 12.1 Å². The Morgan fingerprint density at radius 1 is 1.10 bits per heavy atom. The maximum Gasteiger partial charge on any atom is 0.417 e. The van der Waals surface area contributed by atoms with Crippen molar-refractivity contribution in [3.05, 3.63) is 82.5 Å². The number of aromatic nitrogens is 1. The van der Waals surface area contributed by atoms with Crippen molar-refractivity contribution in [2.45, 2.75) is 12.6 Å². The lowest BCUT2D eigenvalue weighted by atomic mass is 10.0. The molecule has 154 valence electrons. The van der Waals surface area contributed by atoms with E-state index in [2.05, 4.69) is 21.8 Å². The van der Waals surface area contributed by atoms with Crippen molar-refractivity contribution in [2.75, 3.05) is 26.7 Å². The summed E-state index contributed by atoms with van der Waals surface area (Å²) < 4.78 is 24.4. The molecule has 0 bridgehead atoms. The molecule has 1 unspecified atom stereocenters. The van der Waals surface area contributed by atoms with Crippen LogP contribution in [0.5, 0.6) is 0 Å². The highest BCUT2D eigenvalue weighted by molar-refractivity contribution is 5.79. The smallest absolute Gasteiger partial charge is 0.417 e. The Bertz CT molecular complexity index is 1220. The summed E-state index contributed by atoms with van der Waals surface area (Å²) in [6.07, 6.45) is 1.73. The molecule has 2 aromatic heterocycles. The van der Waals surface area contributed by atoms with Crippen LogP contribution in [0, 0.1) is 5.82 Å². The fourth-order valence-corrected chi connectivity index (χ4v) is 4.09. The van der Waals surface area contributed by atoms with Crippen LogP contribution < -0.4 is 5.76 Å². The second-order valence-corrected chi connectivity index (χ2v) is 7.83. The molecule has 1 aliphatic rings. The number of halogens is 1. The number of benzene rings is 2. The van der Waals surface area contributed by atoms with E-state index in [1.54, 1.807) is 6.26 Å². The third-order valence-electron chi connectivity index (χ3n) is 5.72. The van der Waals surface area contributed by atoms with Crippen LogP contribution in [0.2, 0.25) is 0 Å². The number of aromatic amines is 1. The molecule has 4 aromatic rings. The number of H-pyrrole nitrogens is 1. The van der Waals surface area contributed by atoms with Crippen LogP contribution in [0.25, 0.3) is 22.2 Å². The van der Waals surface area contributed by atoms with Crippen molar-refractivity contribution >= 4 is 11.1 Å². The zero-order valence-electron chi connectivity index (χ0n) is 16.6. The van der Waals surface area contributed by atoms with Gasteiger partial charge in [-0.1, -0.05) is 18.2 Å². The molecule has 6 nitrogen and oxygen atoms in total. The topological polar surface area (TPSA) is 65.6 Å². The SMILES string of the molecule is CN1CCN(Cc2cc(-c3ccc4[nH]c(=O)oc4c3)co2)C(c2ccc(F)cc2)C1. The molecule has 1 saturated heterocycles. The molecule has 0 spiro atoms. The molecule has 5 rings (SSSR count). The number of piperazine rings is 1. The number of hydrogen-bond donors (Lipinski definition) is 1. The van der Waals surface area contributed by atoms with Crippen molar-refractivity contribution in [1.29, 1.82) is 0 Å². The number of furan rings is 1. The Morgan fingerprint density at radius 2 is 1.93 bits per heavy atom. The van der Waals surface area contributed by atoms with E-state index in [1.807, 2.05) is 36.4 Å². The molecule has 30 heavy (non-hydrogen) atoms. The summed E-state index contributed by atoms with van der Waals surface area (Å²) in [7, 11) is 2.11. The molecule has 0 amide bonds. The van der Waals surface area contributed by atoms with Crippen molar-refractivity contribution < 1.29 is 13.2 Å². The van der Waals surface area contributed by atoms with Gasteiger partial charge < -0.3 is 13.7 Å². The number of oxazole rings is 1. The van der Waals surface area contributed by atoms with Crippen LogP contribution in [0.15, 0.2) is 68.4 Å². The van der Waals surface area contributed by atoms with Gasteiger partial charge in [0.2, 0.25) is 0 Å². The molecule has 1 aliphatic heterocycles. The molecule has 1 fully saturated rings. The van der Waals surface area contributed by atoms with Crippen LogP contribution in [-0.4, -0.2) is 41.5 Å². The molecular formula is C23H22FN3O3. The van der Waals surface area contributed by atoms with Crippen molar-refractivity contribution in [3.63, 3.8) is 0 Å². The van der Waals surface area contributed by atoms with Gasteiger partial charge in [-0.15, -0.1) is 0 Å². The van der Waals surface area contributed by atoms with Crippen LogP contribution in [0.1, 0.15) is 17.4 Å². The molecule has 0 aliphatic carbocycles. The summed E-state index contributed by atoms with van der Waals surface area (Å²) in [6.45, 7) is 3.41. The van der Waals surface area contributed by atoms with Crippen molar-refractivity contribution in [2.24, 2.45) is 0 Å². The predicted octanol–water partition coefficient (Wildman–Crippen LogP) is 4.01. The van der Waals surface area contributed by atoms with E-state index in [4.69, 9.17) is 8.83 Å². The second kappa shape index (κ2) is 7.59. The molecule has 2 aromatic carbocycles. The minimum absolute atomic E-state index is 0.170. The average molecular weight is 407 g/mol. The number of nitrogens with zero attached hydrogens (tertiary/aromatic N) is 2. The number of likely N-dealkylation sites (N-methyl/N-ethyl adjacent to an activating group) is 1. The standard InChI is InChI=1S/C23H22FN3O3/c1-26-8-9-27(21(13-26)15-2-5-18(24)6-3-15)12-19-10-17(14-29-19)16-4-7-20-22(11-16)30-23(28)25-20/h2-7,10-11,14,21H,8-9,12-13H2,1H3,(H,25,28). The summed E-state index contributed by atoms with van der Waals surface area (Å²) in [5.74, 6) is 0.176. The van der Waals surface area contributed by atoms with Crippen LogP contribution in [0.4, 0.5) is 4.39 Å². The molecular weight excluding hydrogens is 385 g/mol. The molecule has 1 atom stereocenters. The zero-order chi connectivity index (χ0) is 20.7. The lowest BCUT2D eigenvalue weighted by molar-refractivity contribution is 0.0772. The first-order valence-corrected chi connectivity index (χ1v) is 9.94. The highest BCUT2D eigenvalue weighted by atomic mass is 19.1. The van der Waals surface area contributed by atoms with Gasteiger partial charge in [0.25, 0.3) is 0 Å². The highest BCUT2D eigenvalue weighted by Gasteiger charge is 2.27. The van der Waals surface area contributed by atoms with Gasteiger partial charge in [0.05, 0.1) is 18.3 Å². The minimum Gasteiger partial charge on any atom is -0.467 e. The van der Waals surface area contributed by atoms with Crippen LogP contribution >= 0.6 is 0 Å². The quantitative estimate of drug-likeness (QED) is 0.554. The first-order valence-electron chi connectivity index (χ1n) is 9.94. The van der Waals surface area contributed by atoms with Gasteiger partial charge in [-0.25, -0.2) is 9.18 Å². The van der Waals surface area contributed by atoms with E-state index in [0.29, 0.717) is 17.6 Å². The Kier molecular flexibility index (Phi) is 4.77. The van der Waals surface area contributed by atoms with E-state index >= 15 is 0 Å². The monoisotopic (exact) mass is 407 g/mol. The summed E-state index contributed by atoms with van der Waals surface area (Å²) in [5, 5.41) is 0. The lowest BCUT2D eigenvalue weighted by Crippen LogP contribution is -2.46. The van der Waals surface area contributed by atoms with Gasteiger partial charge in [-0.2, -0.15) is 0 Å². The first kappa shape index (κ1) is 18.8. The molecule has 0 saturated carbocycles. The van der Waals surface area contributed by atoms with Crippen LogP contribution in [0.3, 0.4) is 0 Å². The lowest BCUT2D eigenvalue weighted by Gasteiger charge is -2.40. The second-order valence-electron chi connectivity index (χ2n) is 7.83. The third-order valence-corrected chi connectivity index (χ3v) is 5.72. The summed E-state index contributed by atoms with van der Waals surface area (Å²) in [6, 6.07) is 14.5. The van der Waals surface area contributed by atoms with E-state index in [9.17, 15) is 9.18 Å². The highest BCUT2D eigenvalue weighted by Crippen LogP contribution is 2.30. The Hall–Kier alpha value is -3.16. The Balaban J connectivity index is 1.38. The predicted molar refractivity (Wildman–Crippen MR) is 112 cm³/mol. The van der Waals surface area contributed by atoms with Crippen LogP contribution in [-0.2, 0) is 6.54 Å². The summed E-state index contributed by atoms with van der Waals surface area (Å²) >= 11 is 0. The number of rotatable bonds is 4. The zero-order valence-corrected chi connectivity index (χ0v) is 16.6. The Labute approximate surface area is 172 Å². The van der Waals surface area contributed by atoms with E-state index < -0.39 is 5.76 Å². The number of fused-ring (bicyclic) bond motifs is 1. The third kappa shape index (κ3) is 3.69. The maximum atomic E-state index is 13.4. The molecule has 3 heterocycles. The van der Waals surface area contributed by atoms with Gasteiger partial charge in [0.1, 0.15) is 11.6 Å². The molecule has 0 radical (unpaired) electrons. The average Bonchev–Trinajstić information content (AvgIpc) is 3.35. The summed E-state index contributed by atoms with van der Waals surface area (Å²) in [5.41, 5.74) is 4.15. The van der Waals surface area contributed by atoms with E-state index in [-0.39, 0.29) is 11.9 Å². The fourth-order valence-electron chi connectivity index (χ4n) is 4.09. The number of hydrogen-bond acceptors (Lipinski definition) is 5. The Morgan fingerprint density at radius 3 is 2.77 bits per heavy atom. The van der Waals surface area contributed by atoms with E-state index in [0.717, 1.165) is 42.1 Å². The van der Waals surface area contributed by atoms with Gasteiger partial charge >= 0.3 is 5.76 Å². The van der Waals surface area contributed by atoms with Crippen molar-refractivity contribution in [3.8, 4) is 11.1 Å². The summed E-state index contributed by atoms with van der Waals surface area (Å²) in [4.78, 5) is 18.7. The van der Waals surface area contributed by atoms with Gasteiger partial charge in [0.15, 0.2) is 5.58 Å². The largest absolute Gasteiger partial charge is 0.467 e. The molecule has 1 N–H and O–H groups in total. The van der Waals surface area contributed by atoms with Gasteiger partial charge in [0, 0.05) is 31.2 Å². The van der Waals surface area contributed by atoms with Crippen molar-refractivity contribution in [1.82, 2.24) is 14.8 Å². The van der Waals surface area contributed by atoms with Gasteiger partial charge in [-0.3, -0.25) is 9.88 Å². The van der Waals surface area contributed by atoms with Gasteiger partial charge in [-0.05, 0) is 48.5 Å². The fraction of sp³-hybridized carbons (Fsp3) is 0.261. The molecule has 7 heteroatoms. The minimum atomic E-state index is -0.461. The number of nitrogens with one attached hydrogen (secondary N) is 1.